The Bertz CT molecular complexity index is 1330. The molecule has 1 N–H and O–H groups in total. The Balaban J connectivity index is 1.91. The van der Waals surface area contributed by atoms with E-state index >= 15 is 0 Å². The highest BCUT2D eigenvalue weighted by molar-refractivity contribution is 7.00. The van der Waals surface area contributed by atoms with E-state index in [9.17, 15) is 0 Å². The molecule has 0 saturated heterocycles. The second kappa shape index (κ2) is 11.3. The molecule has 0 aliphatic rings. The van der Waals surface area contributed by atoms with Gasteiger partial charge in [0.2, 0.25) is 0 Å². The van der Waals surface area contributed by atoms with Crippen LogP contribution < -0.4 is 25.4 Å². The smallest absolute Gasteiger partial charge is 0.147 e. The molecule has 4 rings (SSSR count). The van der Waals surface area contributed by atoms with Crippen molar-refractivity contribution in [2.45, 2.75) is 20.8 Å². The van der Waals surface area contributed by atoms with Crippen LogP contribution in [0.15, 0.2) is 60.7 Å². The molecule has 0 saturated carbocycles. The molecule has 176 valence electrons. The van der Waals surface area contributed by atoms with Crippen LogP contribution >= 0.6 is 11.7 Å². The average Bonchev–Trinajstić information content (AvgIpc) is 3.37. The van der Waals surface area contributed by atoms with Gasteiger partial charge in [-0.3, -0.25) is 0 Å². The van der Waals surface area contributed by atoms with E-state index in [0.29, 0.717) is 0 Å². The molecule has 0 aliphatic carbocycles. The molecule has 0 aliphatic heterocycles. The Kier molecular flexibility index (Phi) is 7.93. The number of methoxy groups -OCH3 is 1. The number of nitrogens with one attached hydrogen (secondary N) is 1. The molecule has 1 aromatic heterocycles. The third kappa shape index (κ3) is 4.98. The predicted octanol–water partition coefficient (Wildman–Crippen LogP) is 4.18. The summed E-state index contributed by atoms with van der Waals surface area (Å²) in [6.07, 6.45) is 2.21. The molecule has 0 radical (unpaired) electrons. The van der Waals surface area contributed by atoms with Crippen LogP contribution in [0, 0.1) is 0 Å². The zero-order valence-corrected chi connectivity index (χ0v) is 21.2. The Morgan fingerprint density at radius 2 is 1.62 bits per heavy atom. The number of aromatic nitrogens is 2. The zero-order valence-electron chi connectivity index (χ0n) is 20.3. The number of fused-ring (bicyclic) bond motifs is 1. The fourth-order valence-corrected chi connectivity index (χ4v) is 4.80. The first-order valence-corrected chi connectivity index (χ1v) is 12.6. The fraction of sp³-hybridized carbons (Fsp3) is 0.286. The molecule has 0 atom stereocenters. The molecule has 0 bridgehead atoms. The van der Waals surface area contributed by atoms with Gasteiger partial charge in [-0.2, -0.15) is 8.75 Å². The first-order chi connectivity index (χ1) is 16.7. The van der Waals surface area contributed by atoms with E-state index in [1.807, 2.05) is 6.07 Å². The number of hydrogen-bond acceptors (Lipinski definition) is 6. The monoisotopic (exact) mass is 472 g/mol. The van der Waals surface area contributed by atoms with Gasteiger partial charge in [-0.25, -0.2) is 0 Å². The van der Waals surface area contributed by atoms with E-state index in [1.54, 1.807) is 7.11 Å². The normalized spacial score (nSPS) is 10.9. The Morgan fingerprint density at radius 3 is 2.26 bits per heavy atom. The van der Waals surface area contributed by atoms with Crippen LogP contribution in [0.3, 0.4) is 0 Å². The lowest BCUT2D eigenvalue weighted by Gasteiger charge is -2.21. The predicted molar refractivity (Wildman–Crippen MR) is 144 cm³/mol. The van der Waals surface area contributed by atoms with Gasteiger partial charge in [0.15, 0.2) is 0 Å². The van der Waals surface area contributed by atoms with Crippen LogP contribution in [0.1, 0.15) is 31.9 Å². The summed E-state index contributed by atoms with van der Waals surface area (Å²) in [5.41, 5.74) is 6.26. The molecular weight excluding hydrogens is 440 g/mol. The Hall–Kier alpha value is -3.22. The SMILES string of the molecule is CCNCC=c1ccc(=C(c2ccc(N(CC)CC)cc2)c2ccc(OC)c3nsnc23)cc1. The van der Waals surface area contributed by atoms with Crippen molar-refractivity contribution in [3.05, 3.63) is 82.2 Å². The van der Waals surface area contributed by atoms with E-state index in [1.165, 1.54) is 22.6 Å². The van der Waals surface area contributed by atoms with Crippen molar-refractivity contribution < 1.29 is 4.74 Å². The fourth-order valence-electron chi connectivity index (χ4n) is 4.24. The number of benzene rings is 3. The topological polar surface area (TPSA) is 50.3 Å². The highest BCUT2D eigenvalue weighted by Crippen LogP contribution is 2.33. The van der Waals surface area contributed by atoms with Crippen LogP contribution in [0.2, 0.25) is 0 Å². The van der Waals surface area contributed by atoms with Gasteiger partial charge in [0.05, 0.1) is 18.8 Å². The van der Waals surface area contributed by atoms with Crippen LogP contribution in [0.4, 0.5) is 5.69 Å². The van der Waals surface area contributed by atoms with E-state index in [4.69, 9.17) is 4.74 Å². The first-order valence-electron chi connectivity index (χ1n) is 11.9. The molecule has 0 amide bonds. The van der Waals surface area contributed by atoms with Crippen molar-refractivity contribution in [3.63, 3.8) is 0 Å². The van der Waals surface area contributed by atoms with Crippen molar-refractivity contribution in [3.8, 4) is 5.75 Å². The summed E-state index contributed by atoms with van der Waals surface area (Å²) >= 11 is 1.22. The summed E-state index contributed by atoms with van der Waals surface area (Å²) in [5, 5.41) is 5.70. The molecule has 3 aromatic carbocycles. The maximum absolute atomic E-state index is 5.54. The average molecular weight is 473 g/mol. The van der Waals surface area contributed by atoms with Gasteiger partial charge in [-0.1, -0.05) is 49.4 Å². The van der Waals surface area contributed by atoms with Gasteiger partial charge in [0.25, 0.3) is 0 Å². The highest BCUT2D eigenvalue weighted by atomic mass is 32.1. The van der Waals surface area contributed by atoms with E-state index < -0.39 is 0 Å². The van der Waals surface area contributed by atoms with Crippen molar-refractivity contribution in [1.29, 1.82) is 0 Å². The van der Waals surface area contributed by atoms with E-state index in [0.717, 1.165) is 64.9 Å². The van der Waals surface area contributed by atoms with E-state index in [2.05, 4.69) is 100 Å². The lowest BCUT2D eigenvalue weighted by atomic mass is 9.94. The van der Waals surface area contributed by atoms with Crippen LogP contribution in [-0.4, -0.2) is 42.0 Å². The molecule has 0 fully saturated rings. The van der Waals surface area contributed by atoms with Crippen LogP contribution in [0.5, 0.6) is 5.75 Å². The summed E-state index contributed by atoms with van der Waals surface area (Å²) in [5.74, 6) is 0.747. The van der Waals surface area contributed by atoms with Crippen molar-refractivity contribution >= 4 is 40.1 Å². The minimum Gasteiger partial charge on any atom is -0.494 e. The van der Waals surface area contributed by atoms with Crippen LogP contribution in [0.25, 0.3) is 22.7 Å². The number of anilines is 1. The highest BCUT2D eigenvalue weighted by Gasteiger charge is 2.16. The summed E-state index contributed by atoms with van der Waals surface area (Å²) in [7, 11) is 1.67. The van der Waals surface area contributed by atoms with Gasteiger partial charge in [0.1, 0.15) is 16.8 Å². The van der Waals surface area contributed by atoms with E-state index in [-0.39, 0.29) is 0 Å². The number of nitrogens with zero attached hydrogens (tertiary/aromatic N) is 3. The number of ether oxygens (including phenoxy) is 1. The first kappa shape index (κ1) is 23.9. The maximum atomic E-state index is 5.54. The summed E-state index contributed by atoms with van der Waals surface area (Å²) in [6.45, 7) is 10.3. The van der Waals surface area contributed by atoms with Gasteiger partial charge < -0.3 is 15.0 Å². The lowest BCUT2D eigenvalue weighted by Crippen LogP contribution is -2.21. The van der Waals surface area contributed by atoms with Crippen LogP contribution in [-0.2, 0) is 0 Å². The maximum Gasteiger partial charge on any atom is 0.147 e. The third-order valence-corrected chi connectivity index (χ3v) is 6.61. The molecule has 6 heteroatoms. The molecular formula is C28H32N4OS. The molecule has 5 nitrogen and oxygen atoms in total. The number of hydrogen-bond donors (Lipinski definition) is 1. The zero-order chi connectivity index (χ0) is 23.9. The van der Waals surface area contributed by atoms with Crippen molar-refractivity contribution in [2.24, 2.45) is 0 Å². The Morgan fingerprint density at radius 1 is 0.912 bits per heavy atom. The minimum atomic E-state index is 0.747. The van der Waals surface area contributed by atoms with Gasteiger partial charge >= 0.3 is 0 Å². The minimum absolute atomic E-state index is 0.747. The summed E-state index contributed by atoms with van der Waals surface area (Å²) in [4.78, 5) is 2.36. The van der Waals surface area contributed by atoms with Crippen molar-refractivity contribution in [2.75, 3.05) is 38.2 Å². The second-order valence-electron chi connectivity index (χ2n) is 8.00. The quantitative estimate of drug-likeness (QED) is 0.370. The van der Waals surface area contributed by atoms with Crippen molar-refractivity contribution in [1.82, 2.24) is 14.1 Å². The molecule has 4 aromatic rings. The molecule has 0 unspecified atom stereocenters. The largest absolute Gasteiger partial charge is 0.494 e. The molecule has 1 heterocycles. The molecule has 34 heavy (non-hydrogen) atoms. The summed E-state index contributed by atoms with van der Waals surface area (Å²) < 4.78 is 14.7. The third-order valence-electron chi connectivity index (χ3n) is 6.08. The van der Waals surface area contributed by atoms with Gasteiger partial charge in [-0.15, -0.1) is 0 Å². The lowest BCUT2D eigenvalue weighted by molar-refractivity contribution is 0.419. The Labute approximate surface area is 205 Å². The van der Waals surface area contributed by atoms with Gasteiger partial charge in [0, 0.05) is 30.9 Å². The standard InChI is InChI=1S/C28H32N4OS/c1-5-29-19-18-20-8-10-21(11-9-20)26(22-12-14-23(15-13-22)32(6-2)7-3)24-16-17-25(33-4)28-27(24)30-34-31-28/h8-18,29H,5-7,19H2,1-4H3. The summed E-state index contributed by atoms with van der Waals surface area (Å²) in [6, 6.07) is 21.7. The molecule has 0 spiro atoms. The number of rotatable bonds is 9. The van der Waals surface area contributed by atoms with Gasteiger partial charge in [-0.05, 0) is 66.2 Å². The second-order valence-corrected chi connectivity index (χ2v) is 8.53.